The van der Waals surface area contributed by atoms with E-state index in [4.69, 9.17) is 0 Å². The molecule has 1 aromatic heterocycles. The summed E-state index contributed by atoms with van der Waals surface area (Å²) in [6.45, 7) is 7.22. The van der Waals surface area contributed by atoms with Crippen LogP contribution in [0, 0.1) is 5.92 Å². The highest BCUT2D eigenvalue weighted by Crippen LogP contribution is 2.23. The molecule has 1 amide bonds. The number of aromatic nitrogens is 3. The van der Waals surface area contributed by atoms with Crippen LogP contribution in [0.1, 0.15) is 62.5 Å². The van der Waals surface area contributed by atoms with E-state index in [2.05, 4.69) is 29.5 Å². The molecule has 0 aromatic carbocycles. The van der Waals surface area contributed by atoms with E-state index in [1.807, 2.05) is 15.8 Å². The Labute approximate surface area is 144 Å². The molecule has 7 heteroatoms. The van der Waals surface area contributed by atoms with Crippen molar-refractivity contribution in [3.05, 3.63) is 11.9 Å². The van der Waals surface area contributed by atoms with Gasteiger partial charge >= 0.3 is 0 Å². The van der Waals surface area contributed by atoms with Crippen molar-refractivity contribution in [3.8, 4) is 0 Å². The lowest BCUT2D eigenvalue weighted by molar-refractivity contribution is 0.0671. The number of amides is 1. The first-order valence-corrected chi connectivity index (χ1v) is 8.58. The van der Waals surface area contributed by atoms with Gasteiger partial charge in [-0.1, -0.05) is 18.6 Å². The standard InChI is InChI=1S/C16H27N5O.ClH/c1-12-4-3-5-13(2)20(10-12)16(22)15-11-21(19-18-15)14-6-8-17-9-7-14;/h11-14,17H,3-10H2,1-2H3;1H. The van der Waals surface area contributed by atoms with Crippen LogP contribution in [0.4, 0.5) is 0 Å². The molecule has 2 unspecified atom stereocenters. The van der Waals surface area contributed by atoms with Crippen LogP contribution in [0.25, 0.3) is 0 Å². The van der Waals surface area contributed by atoms with Crippen molar-refractivity contribution in [1.82, 2.24) is 25.2 Å². The zero-order chi connectivity index (χ0) is 15.5. The highest BCUT2D eigenvalue weighted by atomic mass is 35.5. The topological polar surface area (TPSA) is 63.1 Å². The third-order valence-electron chi connectivity index (χ3n) is 5.03. The molecule has 2 aliphatic heterocycles. The second-order valence-corrected chi connectivity index (χ2v) is 6.91. The minimum absolute atomic E-state index is 0. The number of rotatable bonds is 2. The molecule has 0 radical (unpaired) electrons. The Kier molecular flexibility index (Phi) is 6.41. The number of piperidine rings is 1. The van der Waals surface area contributed by atoms with E-state index in [9.17, 15) is 4.79 Å². The fraction of sp³-hybridized carbons (Fsp3) is 0.812. The van der Waals surface area contributed by atoms with Crippen molar-refractivity contribution in [1.29, 1.82) is 0 Å². The van der Waals surface area contributed by atoms with Crippen molar-refractivity contribution in [3.63, 3.8) is 0 Å². The van der Waals surface area contributed by atoms with Gasteiger partial charge in [0.1, 0.15) is 0 Å². The first-order chi connectivity index (χ1) is 10.6. The fourth-order valence-electron chi connectivity index (χ4n) is 3.58. The Morgan fingerprint density at radius 2 is 1.96 bits per heavy atom. The molecular formula is C16H28ClN5O. The Bertz CT molecular complexity index is 514. The van der Waals surface area contributed by atoms with E-state index < -0.39 is 0 Å². The summed E-state index contributed by atoms with van der Waals surface area (Å²) in [5, 5.41) is 11.7. The minimum atomic E-state index is 0. The lowest BCUT2D eigenvalue weighted by atomic mass is 10.1. The average molecular weight is 342 g/mol. The molecule has 2 fully saturated rings. The maximum absolute atomic E-state index is 12.8. The first-order valence-electron chi connectivity index (χ1n) is 8.58. The number of nitrogens with one attached hydrogen (secondary N) is 1. The molecule has 3 rings (SSSR count). The summed E-state index contributed by atoms with van der Waals surface area (Å²) in [5.74, 6) is 0.606. The molecule has 130 valence electrons. The normalized spacial score (nSPS) is 26.4. The number of carbonyl (C=O) groups excluding carboxylic acids is 1. The van der Waals surface area contributed by atoms with Crippen molar-refractivity contribution in [2.45, 2.75) is 58.0 Å². The van der Waals surface area contributed by atoms with Gasteiger partial charge < -0.3 is 10.2 Å². The molecule has 0 bridgehead atoms. The lowest BCUT2D eigenvalue weighted by Gasteiger charge is -2.27. The van der Waals surface area contributed by atoms with Gasteiger partial charge in [0.05, 0.1) is 12.2 Å². The quantitative estimate of drug-likeness (QED) is 0.896. The zero-order valence-electron chi connectivity index (χ0n) is 14.1. The Hall–Kier alpha value is -1.14. The maximum atomic E-state index is 12.8. The van der Waals surface area contributed by atoms with Gasteiger partial charge in [-0.2, -0.15) is 0 Å². The average Bonchev–Trinajstić information content (AvgIpc) is 2.96. The van der Waals surface area contributed by atoms with E-state index in [0.717, 1.165) is 38.9 Å². The van der Waals surface area contributed by atoms with Crippen molar-refractivity contribution in [2.75, 3.05) is 19.6 Å². The molecule has 0 spiro atoms. The molecule has 0 saturated carbocycles. The lowest BCUT2D eigenvalue weighted by Crippen LogP contribution is -2.40. The van der Waals surface area contributed by atoms with Crippen molar-refractivity contribution < 1.29 is 4.79 Å². The Morgan fingerprint density at radius 1 is 1.22 bits per heavy atom. The maximum Gasteiger partial charge on any atom is 0.276 e. The second-order valence-electron chi connectivity index (χ2n) is 6.91. The smallest absolute Gasteiger partial charge is 0.276 e. The largest absolute Gasteiger partial charge is 0.334 e. The molecule has 0 aliphatic carbocycles. The summed E-state index contributed by atoms with van der Waals surface area (Å²) in [4.78, 5) is 14.8. The van der Waals surface area contributed by atoms with Crippen LogP contribution >= 0.6 is 12.4 Å². The predicted octanol–water partition coefficient (Wildman–Crippen LogP) is 2.28. The number of carbonyl (C=O) groups is 1. The molecule has 2 atom stereocenters. The highest BCUT2D eigenvalue weighted by Gasteiger charge is 2.28. The number of halogens is 1. The second kappa shape index (κ2) is 8.11. The monoisotopic (exact) mass is 341 g/mol. The van der Waals surface area contributed by atoms with Gasteiger partial charge in [0.15, 0.2) is 5.69 Å². The molecule has 2 aliphatic rings. The van der Waals surface area contributed by atoms with Crippen molar-refractivity contribution in [2.24, 2.45) is 5.92 Å². The van der Waals surface area contributed by atoms with Gasteiger partial charge in [0.25, 0.3) is 5.91 Å². The van der Waals surface area contributed by atoms with E-state index >= 15 is 0 Å². The van der Waals surface area contributed by atoms with Gasteiger partial charge in [-0.15, -0.1) is 17.5 Å². The van der Waals surface area contributed by atoms with Gasteiger partial charge in [-0.25, -0.2) is 4.68 Å². The summed E-state index contributed by atoms with van der Waals surface area (Å²) in [6.07, 6.45) is 7.44. The molecule has 2 saturated heterocycles. The molecular weight excluding hydrogens is 314 g/mol. The molecule has 1 N–H and O–H groups in total. The summed E-state index contributed by atoms with van der Waals surface area (Å²) >= 11 is 0. The zero-order valence-corrected chi connectivity index (χ0v) is 14.9. The summed E-state index contributed by atoms with van der Waals surface area (Å²) in [5.41, 5.74) is 0.500. The Morgan fingerprint density at radius 3 is 2.70 bits per heavy atom. The third-order valence-corrected chi connectivity index (χ3v) is 5.03. The van der Waals surface area contributed by atoms with Gasteiger partial charge in [-0.3, -0.25) is 4.79 Å². The highest BCUT2D eigenvalue weighted by molar-refractivity contribution is 5.92. The number of nitrogens with zero attached hydrogens (tertiary/aromatic N) is 4. The van der Waals surface area contributed by atoms with E-state index in [1.165, 1.54) is 12.8 Å². The number of hydrogen-bond donors (Lipinski definition) is 1. The van der Waals surface area contributed by atoms with Gasteiger partial charge in [0, 0.05) is 12.6 Å². The van der Waals surface area contributed by atoms with E-state index in [0.29, 0.717) is 23.7 Å². The van der Waals surface area contributed by atoms with Crippen LogP contribution in [-0.4, -0.2) is 51.5 Å². The summed E-state index contributed by atoms with van der Waals surface area (Å²) < 4.78 is 1.89. The van der Waals surface area contributed by atoms with Gasteiger partial charge in [-0.05, 0) is 51.6 Å². The van der Waals surface area contributed by atoms with Crippen LogP contribution in [-0.2, 0) is 0 Å². The molecule has 23 heavy (non-hydrogen) atoms. The SMILES string of the molecule is CC1CCCC(C)N(C(=O)c2cn(C3CCNCC3)nn2)C1.Cl. The third kappa shape index (κ3) is 4.23. The van der Waals surface area contributed by atoms with Crippen LogP contribution < -0.4 is 5.32 Å². The Balaban J connectivity index is 0.00000192. The van der Waals surface area contributed by atoms with Crippen molar-refractivity contribution >= 4 is 18.3 Å². The van der Waals surface area contributed by atoms with Crippen LogP contribution in [0.3, 0.4) is 0 Å². The van der Waals surface area contributed by atoms with Gasteiger partial charge in [0.2, 0.25) is 0 Å². The van der Waals surface area contributed by atoms with E-state index in [1.54, 1.807) is 0 Å². The van der Waals surface area contributed by atoms with Crippen LogP contribution in [0.2, 0.25) is 0 Å². The fourth-order valence-corrected chi connectivity index (χ4v) is 3.58. The van der Waals surface area contributed by atoms with E-state index in [-0.39, 0.29) is 18.3 Å². The molecule has 3 heterocycles. The van der Waals surface area contributed by atoms with Crippen LogP contribution in [0.5, 0.6) is 0 Å². The predicted molar refractivity (Wildman–Crippen MR) is 91.9 cm³/mol. The first kappa shape index (κ1) is 18.2. The van der Waals surface area contributed by atoms with Crippen LogP contribution in [0.15, 0.2) is 6.20 Å². The number of hydrogen-bond acceptors (Lipinski definition) is 4. The summed E-state index contributed by atoms with van der Waals surface area (Å²) in [7, 11) is 0. The number of likely N-dealkylation sites (tertiary alicyclic amines) is 1. The minimum Gasteiger partial charge on any atom is -0.334 e. The molecule has 6 nitrogen and oxygen atoms in total. The summed E-state index contributed by atoms with van der Waals surface area (Å²) in [6, 6.07) is 0.664. The molecule has 1 aromatic rings.